The van der Waals surface area contributed by atoms with Crippen LogP contribution in [0.15, 0.2) is 18.3 Å². The fourth-order valence-electron chi connectivity index (χ4n) is 1.67. The third-order valence-corrected chi connectivity index (χ3v) is 2.53. The van der Waals surface area contributed by atoms with E-state index in [2.05, 4.69) is 10.4 Å². The number of nitrogens with one attached hydrogen (secondary N) is 1. The average molecular weight is 247 g/mol. The standard InChI is InChI=1S/C11H16F3N3/c1-8-4-3-7-16-10(8)9(17-15)5-2-6-11(12,13)14/h3-4,7,9,17H,2,5-6,15H2,1H3. The van der Waals surface area contributed by atoms with Gasteiger partial charge >= 0.3 is 6.18 Å². The molecule has 17 heavy (non-hydrogen) atoms. The second kappa shape index (κ2) is 5.97. The number of pyridine rings is 1. The number of halogens is 3. The van der Waals surface area contributed by atoms with E-state index in [1.807, 2.05) is 13.0 Å². The lowest BCUT2D eigenvalue weighted by atomic mass is 10.0. The van der Waals surface area contributed by atoms with E-state index in [0.717, 1.165) is 5.56 Å². The number of hydrazine groups is 1. The van der Waals surface area contributed by atoms with Crippen LogP contribution in [0.25, 0.3) is 0 Å². The van der Waals surface area contributed by atoms with Gasteiger partial charge in [-0.1, -0.05) is 6.07 Å². The van der Waals surface area contributed by atoms with Crippen LogP contribution in [0.4, 0.5) is 13.2 Å². The maximum Gasteiger partial charge on any atom is 0.389 e. The summed E-state index contributed by atoms with van der Waals surface area (Å²) in [5.74, 6) is 5.35. The van der Waals surface area contributed by atoms with Crippen molar-refractivity contribution in [1.29, 1.82) is 0 Å². The number of aromatic nitrogens is 1. The van der Waals surface area contributed by atoms with Crippen LogP contribution >= 0.6 is 0 Å². The molecule has 0 aliphatic carbocycles. The number of nitrogens with two attached hydrogens (primary N) is 1. The van der Waals surface area contributed by atoms with E-state index in [1.165, 1.54) is 0 Å². The quantitative estimate of drug-likeness (QED) is 0.621. The van der Waals surface area contributed by atoms with Crippen molar-refractivity contribution in [3.8, 4) is 0 Å². The van der Waals surface area contributed by atoms with Crippen molar-refractivity contribution in [1.82, 2.24) is 10.4 Å². The first-order valence-corrected chi connectivity index (χ1v) is 5.38. The van der Waals surface area contributed by atoms with Crippen LogP contribution in [0, 0.1) is 6.92 Å². The van der Waals surface area contributed by atoms with Crippen molar-refractivity contribution in [2.24, 2.45) is 5.84 Å². The van der Waals surface area contributed by atoms with Crippen LogP contribution in [-0.2, 0) is 0 Å². The van der Waals surface area contributed by atoms with E-state index in [9.17, 15) is 13.2 Å². The van der Waals surface area contributed by atoms with Crippen molar-refractivity contribution in [3.63, 3.8) is 0 Å². The van der Waals surface area contributed by atoms with Crippen molar-refractivity contribution in [3.05, 3.63) is 29.6 Å². The number of nitrogens with zero attached hydrogens (tertiary/aromatic N) is 1. The Morgan fingerprint density at radius 1 is 1.47 bits per heavy atom. The highest BCUT2D eigenvalue weighted by atomic mass is 19.4. The normalized spacial score (nSPS) is 13.7. The van der Waals surface area contributed by atoms with Crippen LogP contribution in [0.5, 0.6) is 0 Å². The molecule has 1 rings (SSSR count). The second-order valence-electron chi connectivity index (χ2n) is 3.93. The van der Waals surface area contributed by atoms with Crippen molar-refractivity contribution in [2.45, 2.75) is 38.4 Å². The first-order valence-electron chi connectivity index (χ1n) is 5.38. The minimum Gasteiger partial charge on any atom is -0.271 e. The molecule has 1 heterocycles. The van der Waals surface area contributed by atoms with Gasteiger partial charge in [-0.15, -0.1) is 0 Å². The van der Waals surface area contributed by atoms with E-state index >= 15 is 0 Å². The number of hydrogen-bond donors (Lipinski definition) is 2. The minimum atomic E-state index is -4.11. The van der Waals surface area contributed by atoms with Gasteiger partial charge in [0.1, 0.15) is 0 Å². The Labute approximate surface area is 98.2 Å². The molecule has 0 bridgehead atoms. The molecule has 0 aromatic carbocycles. The SMILES string of the molecule is Cc1cccnc1C(CCCC(F)(F)F)NN. The highest BCUT2D eigenvalue weighted by Gasteiger charge is 2.27. The molecule has 1 aromatic rings. The summed E-state index contributed by atoms with van der Waals surface area (Å²) >= 11 is 0. The molecule has 3 nitrogen and oxygen atoms in total. The Morgan fingerprint density at radius 2 is 2.18 bits per heavy atom. The van der Waals surface area contributed by atoms with Crippen molar-refractivity contribution >= 4 is 0 Å². The van der Waals surface area contributed by atoms with Gasteiger partial charge in [-0.25, -0.2) is 0 Å². The Bertz CT molecular complexity index is 352. The van der Waals surface area contributed by atoms with Gasteiger partial charge in [-0.3, -0.25) is 16.3 Å². The lowest BCUT2D eigenvalue weighted by molar-refractivity contribution is -0.135. The molecule has 6 heteroatoms. The molecule has 1 aromatic heterocycles. The number of aryl methyl sites for hydroxylation is 1. The molecule has 0 radical (unpaired) electrons. The summed E-state index contributed by atoms with van der Waals surface area (Å²) in [5.41, 5.74) is 4.14. The molecule has 96 valence electrons. The largest absolute Gasteiger partial charge is 0.389 e. The Morgan fingerprint density at radius 3 is 2.71 bits per heavy atom. The first-order chi connectivity index (χ1) is 7.94. The fraction of sp³-hybridized carbons (Fsp3) is 0.545. The molecule has 0 saturated carbocycles. The molecule has 0 fully saturated rings. The lowest BCUT2D eigenvalue weighted by Gasteiger charge is -2.17. The summed E-state index contributed by atoms with van der Waals surface area (Å²) < 4.78 is 36.1. The molecule has 0 saturated heterocycles. The Kier molecular flexibility index (Phi) is 4.89. The second-order valence-corrected chi connectivity index (χ2v) is 3.93. The van der Waals surface area contributed by atoms with Gasteiger partial charge in [0.15, 0.2) is 0 Å². The predicted molar refractivity (Wildman–Crippen MR) is 58.9 cm³/mol. The molecule has 3 N–H and O–H groups in total. The first kappa shape index (κ1) is 13.9. The van der Waals surface area contributed by atoms with Gasteiger partial charge in [0.05, 0.1) is 11.7 Å². The van der Waals surface area contributed by atoms with Crippen molar-refractivity contribution < 1.29 is 13.2 Å². The topological polar surface area (TPSA) is 50.9 Å². The maximum absolute atomic E-state index is 12.0. The average Bonchev–Trinajstić information content (AvgIpc) is 2.24. The highest BCUT2D eigenvalue weighted by molar-refractivity contribution is 5.20. The number of rotatable bonds is 5. The predicted octanol–water partition coefficient (Wildman–Crippen LogP) is 2.63. The van der Waals surface area contributed by atoms with E-state index in [4.69, 9.17) is 5.84 Å². The molecular weight excluding hydrogens is 231 g/mol. The van der Waals surface area contributed by atoms with Gasteiger partial charge < -0.3 is 0 Å². The molecule has 0 aliphatic heterocycles. The van der Waals surface area contributed by atoms with Gasteiger partial charge in [0.25, 0.3) is 0 Å². The van der Waals surface area contributed by atoms with Crippen LogP contribution in [0.3, 0.4) is 0 Å². The van der Waals surface area contributed by atoms with Gasteiger partial charge in [-0.05, 0) is 31.4 Å². The smallest absolute Gasteiger partial charge is 0.271 e. The van der Waals surface area contributed by atoms with Crippen LogP contribution in [0.1, 0.15) is 36.6 Å². The zero-order valence-electron chi connectivity index (χ0n) is 9.59. The molecule has 0 aliphatic rings. The molecule has 0 amide bonds. The summed E-state index contributed by atoms with van der Waals surface area (Å²) in [5, 5.41) is 0. The van der Waals surface area contributed by atoms with E-state index < -0.39 is 12.6 Å². The van der Waals surface area contributed by atoms with Crippen LogP contribution in [0.2, 0.25) is 0 Å². The Balaban J connectivity index is 2.58. The van der Waals surface area contributed by atoms with Gasteiger partial charge in [0.2, 0.25) is 0 Å². The van der Waals surface area contributed by atoms with Crippen molar-refractivity contribution in [2.75, 3.05) is 0 Å². The summed E-state index contributed by atoms with van der Waals surface area (Å²) in [6.07, 6.45) is -2.95. The van der Waals surface area contributed by atoms with E-state index in [-0.39, 0.29) is 12.5 Å². The zero-order valence-corrected chi connectivity index (χ0v) is 9.59. The van der Waals surface area contributed by atoms with E-state index in [0.29, 0.717) is 12.1 Å². The summed E-state index contributed by atoms with van der Waals surface area (Å²) in [7, 11) is 0. The zero-order chi connectivity index (χ0) is 12.9. The summed E-state index contributed by atoms with van der Waals surface area (Å²) in [6, 6.07) is 3.30. The molecule has 0 spiro atoms. The number of alkyl halides is 3. The Hall–Kier alpha value is -1.14. The van der Waals surface area contributed by atoms with Crippen LogP contribution < -0.4 is 11.3 Å². The van der Waals surface area contributed by atoms with Gasteiger partial charge in [0, 0.05) is 12.6 Å². The summed E-state index contributed by atoms with van der Waals surface area (Å²) in [6.45, 7) is 1.86. The summed E-state index contributed by atoms with van der Waals surface area (Å²) in [4.78, 5) is 4.14. The third-order valence-electron chi connectivity index (χ3n) is 2.53. The highest BCUT2D eigenvalue weighted by Crippen LogP contribution is 2.26. The monoisotopic (exact) mass is 247 g/mol. The van der Waals surface area contributed by atoms with E-state index in [1.54, 1.807) is 12.3 Å². The maximum atomic E-state index is 12.0. The lowest BCUT2D eigenvalue weighted by Crippen LogP contribution is -2.29. The van der Waals surface area contributed by atoms with Gasteiger partial charge in [-0.2, -0.15) is 13.2 Å². The number of hydrogen-bond acceptors (Lipinski definition) is 3. The molecule has 1 atom stereocenters. The third kappa shape index (κ3) is 4.70. The molecular formula is C11H16F3N3. The van der Waals surface area contributed by atoms with Crippen LogP contribution in [-0.4, -0.2) is 11.2 Å². The molecule has 1 unspecified atom stereocenters. The minimum absolute atomic E-state index is 0.0361. The fourth-order valence-corrected chi connectivity index (χ4v) is 1.67.